The largest absolute Gasteiger partial charge is 0.508 e. The molecule has 0 heterocycles. The first-order valence-corrected chi connectivity index (χ1v) is 7.05. The van der Waals surface area contributed by atoms with Crippen molar-refractivity contribution in [3.63, 3.8) is 0 Å². The molecule has 23 heavy (non-hydrogen) atoms. The maximum Gasteiger partial charge on any atom is 0.243 e. The van der Waals surface area contributed by atoms with E-state index in [1.54, 1.807) is 43.5 Å². The molecule has 0 radical (unpaired) electrons. The van der Waals surface area contributed by atoms with Crippen LogP contribution in [0.4, 0.5) is 5.69 Å². The van der Waals surface area contributed by atoms with E-state index in [0.717, 1.165) is 0 Å². The van der Waals surface area contributed by atoms with Crippen LogP contribution in [0.15, 0.2) is 48.5 Å². The number of carbonyl (C=O) groups is 2. The minimum absolute atomic E-state index is 0.101. The lowest BCUT2D eigenvalue weighted by Crippen LogP contribution is -2.33. The molecule has 120 valence electrons. The lowest BCUT2D eigenvalue weighted by atomic mass is 10.1. The summed E-state index contributed by atoms with van der Waals surface area (Å²) in [6.45, 7) is -0.121. The van der Waals surface area contributed by atoms with Gasteiger partial charge in [-0.1, -0.05) is 12.1 Å². The molecule has 0 aliphatic carbocycles. The highest BCUT2D eigenvalue weighted by Crippen LogP contribution is 2.14. The number of amides is 2. The van der Waals surface area contributed by atoms with Crippen molar-refractivity contribution in [2.75, 3.05) is 19.0 Å². The average molecular weight is 314 g/mol. The zero-order valence-corrected chi connectivity index (χ0v) is 12.7. The normalized spacial score (nSPS) is 9.96. The van der Waals surface area contributed by atoms with Crippen molar-refractivity contribution in [2.24, 2.45) is 0 Å². The van der Waals surface area contributed by atoms with Crippen LogP contribution in [-0.4, -0.2) is 30.6 Å². The van der Waals surface area contributed by atoms with Gasteiger partial charge in [0, 0.05) is 5.69 Å². The van der Waals surface area contributed by atoms with Gasteiger partial charge in [-0.15, -0.1) is 0 Å². The van der Waals surface area contributed by atoms with Crippen molar-refractivity contribution in [3.8, 4) is 11.5 Å². The first kappa shape index (κ1) is 16.4. The van der Waals surface area contributed by atoms with E-state index in [1.165, 1.54) is 12.1 Å². The van der Waals surface area contributed by atoms with Crippen LogP contribution in [-0.2, 0) is 16.0 Å². The summed E-state index contributed by atoms with van der Waals surface area (Å²) >= 11 is 0. The van der Waals surface area contributed by atoms with E-state index in [2.05, 4.69) is 10.6 Å². The van der Waals surface area contributed by atoms with E-state index in [4.69, 9.17) is 4.74 Å². The number of methoxy groups -OCH3 is 1. The van der Waals surface area contributed by atoms with Crippen LogP contribution in [0, 0.1) is 0 Å². The third kappa shape index (κ3) is 5.35. The van der Waals surface area contributed by atoms with Crippen LogP contribution < -0.4 is 15.4 Å². The van der Waals surface area contributed by atoms with Gasteiger partial charge in [0.15, 0.2) is 0 Å². The topological polar surface area (TPSA) is 87.7 Å². The van der Waals surface area contributed by atoms with Gasteiger partial charge in [0.05, 0.1) is 20.1 Å². The third-order valence-corrected chi connectivity index (χ3v) is 3.10. The second-order valence-corrected chi connectivity index (χ2v) is 4.90. The molecule has 0 saturated heterocycles. The van der Waals surface area contributed by atoms with Gasteiger partial charge < -0.3 is 20.5 Å². The average Bonchev–Trinajstić information content (AvgIpc) is 2.54. The Morgan fingerprint density at radius 2 is 1.83 bits per heavy atom. The molecule has 6 heteroatoms. The molecular weight excluding hydrogens is 296 g/mol. The number of phenolic OH excluding ortho intramolecular Hbond substituents is 1. The number of hydrogen-bond acceptors (Lipinski definition) is 4. The Morgan fingerprint density at radius 3 is 2.48 bits per heavy atom. The SMILES string of the molecule is COc1ccc(NC(=O)CNC(=O)Cc2cccc(O)c2)cc1. The summed E-state index contributed by atoms with van der Waals surface area (Å²) < 4.78 is 5.03. The predicted molar refractivity (Wildman–Crippen MR) is 86.4 cm³/mol. The second kappa shape index (κ2) is 7.84. The molecule has 6 nitrogen and oxygen atoms in total. The molecule has 0 aromatic heterocycles. The van der Waals surface area contributed by atoms with Crippen molar-refractivity contribution in [1.29, 1.82) is 0 Å². The van der Waals surface area contributed by atoms with Gasteiger partial charge in [0.2, 0.25) is 11.8 Å². The van der Waals surface area contributed by atoms with E-state index in [-0.39, 0.29) is 30.5 Å². The molecule has 3 N–H and O–H groups in total. The molecule has 0 atom stereocenters. The molecule has 2 aromatic carbocycles. The van der Waals surface area contributed by atoms with Crippen LogP contribution in [0.5, 0.6) is 11.5 Å². The number of nitrogens with one attached hydrogen (secondary N) is 2. The lowest BCUT2D eigenvalue weighted by molar-refractivity contribution is -0.123. The van der Waals surface area contributed by atoms with E-state index in [0.29, 0.717) is 17.0 Å². The van der Waals surface area contributed by atoms with Crippen LogP contribution in [0.1, 0.15) is 5.56 Å². The standard InChI is InChI=1S/C17H18N2O4/c1-23-15-7-5-13(6-8-15)19-17(22)11-18-16(21)10-12-3-2-4-14(20)9-12/h2-9,20H,10-11H2,1H3,(H,18,21)(H,19,22). The number of benzene rings is 2. The van der Waals surface area contributed by atoms with Crippen LogP contribution in [0.3, 0.4) is 0 Å². The molecule has 2 amide bonds. The zero-order valence-electron chi connectivity index (χ0n) is 12.7. The fourth-order valence-electron chi connectivity index (χ4n) is 1.97. The maximum atomic E-state index is 11.8. The highest BCUT2D eigenvalue weighted by Gasteiger charge is 2.07. The smallest absolute Gasteiger partial charge is 0.243 e. The number of ether oxygens (including phenoxy) is 1. The molecule has 0 unspecified atom stereocenters. The number of rotatable bonds is 6. The summed E-state index contributed by atoms with van der Waals surface area (Å²) in [4.78, 5) is 23.6. The molecule has 0 aliphatic rings. The number of aromatic hydroxyl groups is 1. The van der Waals surface area contributed by atoms with Gasteiger partial charge in [-0.2, -0.15) is 0 Å². The number of phenols is 1. The molecule has 0 aliphatic heterocycles. The highest BCUT2D eigenvalue weighted by molar-refractivity contribution is 5.94. The molecule has 2 aromatic rings. The predicted octanol–water partition coefficient (Wildman–Crippen LogP) is 1.70. The van der Waals surface area contributed by atoms with E-state index >= 15 is 0 Å². The number of hydrogen-bond donors (Lipinski definition) is 3. The van der Waals surface area contributed by atoms with E-state index < -0.39 is 0 Å². The van der Waals surface area contributed by atoms with E-state index in [9.17, 15) is 14.7 Å². The fraction of sp³-hybridized carbons (Fsp3) is 0.176. The Hall–Kier alpha value is -3.02. The van der Waals surface area contributed by atoms with Crippen LogP contribution >= 0.6 is 0 Å². The Kier molecular flexibility index (Phi) is 5.57. The van der Waals surface area contributed by atoms with E-state index in [1.807, 2.05) is 0 Å². The Morgan fingerprint density at radius 1 is 1.09 bits per heavy atom. The Bertz CT molecular complexity index is 683. The van der Waals surface area contributed by atoms with Gasteiger partial charge in [0.25, 0.3) is 0 Å². The Labute approximate surface area is 134 Å². The van der Waals surface area contributed by atoms with Crippen molar-refractivity contribution in [3.05, 3.63) is 54.1 Å². The molecule has 0 bridgehead atoms. The second-order valence-electron chi connectivity index (χ2n) is 4.90. The quantitative estimate of drug-likeness (QED) is 0.757. The van der Waals surface area contributed by atoms with Crippen LogP contribution in [0.2, 0.25) is 0 Å². The van der Waals surface area contributed by atoms with Crippen molar-refractivity contribution in [1.82, 2.24) is 5.32 Å². The maximum absolute atomic E-state index is 11.8. The summed E-state index contributed by atoms with van der Waals surface area (Å²) in [5.41, 5.74) is 1.30. The minimum Gasteiger partial charge on any atom is -0.508 e. The third-order valence-electron chi connectivity index (χ3n) is 3.10. The van der Waals surface area contributed by atoms with Gasteiger partial charge >= 0.3 is 0 Å². The van der Waals surface area contributed by atoms with Crippen molar-refractivity contribution >= 4 is 17.5 Å². The highest BCUT2D eigenvalue weighted by atomic mass is 16.5. The summed E-state index contributed by atoms with van der Waals surface area (Å²) in [6.07, 6.45) is 0.101. The molecule has 0 saturated carbocycles. The van der Waals surface area contributed by atoms with Crippen LogP contribution in [0.25, 0.3) is 0 Å². The first-order chi connectivity index (χ1) is 11.1. The summed E-state index contributed by atoms with van der Waals surface area (Å²) in [5.74, 6) is 0.190. The number of carbonyl (C=O) groups excluding carboxylic acids is 2. The van der Waals surface area contributed by atoms with Crippen molar-refractivity contribution in [2.45, 2.75) is 6.42 Å². The lowest BCUT2D eigenvalue weighted by Gasteiger charge is -2.08. The zero-order chi connectivity index (χ0) is 16.7. The van der Waals surface area contributed by atoms with Gasteiger partial charge in [-0.05, 0) is 42.0 Å². The fourth-order valence-corrected chi connectivity index (χ4v) is 1.97. The monoisotopic (exact) mass is 314 g/mol. The summed E-state index contributed by atoms with van der Waals surface area (Å²) in [5, 5.41) is 14.5. The molecule has 0 spiro atoms. The van der Waals surface area contributed by atoms with Gasteiger partial charge in [-0.3, -0.25) is 9.59 Å². The summed E-state index contributed by atoms with van der Waals surface area (Å²) in [6, 6.07) is 13.3. The Balaban J connectivity index is 1.78. The first-order valence-electron chi connectivity index (χ1n) is 7.05. The summed E-state index contributed by atoms with van der Waals surface area (Å²) in [7, 11) is 1.57. The number of anilines is 1. The van der Waals surface area contributed by atoms with Gasteiger partial charge in [0.1, 0.15) is 11.5 Å². The molecule has 2 rings (SSSR count). The van der Waals surface area contributed by atoms with Gasteiger partial charge in [-0.25, -0.2) is 0 Å². The molecular formula is C17H18N2O4. The minimum atomic E-state index is -0.320. The van der Waals surface area contributed by atoms with Crippen molar-refractivity contribution < 1.29 is 19.4 Å². The molecule has 0 fully saturated rings.